The highest BCUT2D eigenvalue weighted by atomic mass is 19.4. The van der Waals surface area contributed by atoms with Crippen LogP contribution in [0.3, 0.4) is 0 Å². The van der Waals surface area contributed by atoms with Crippen molar-refractivity contribution in [2.75, 3.05) is 63.3 Å². The number of hydrogen-bond acceptors (Lipinski definition) is 9. The number of β-amino-alcohol motifs (C(OH)–C–C–N with tert-alkyl or cyclic N) is 1. The van der Waals surface area contributed by atoms with E-state index >= 15 is 0 Å². The van der Waals surface area contributed by atoms with Gasteiger partial charge in [0.2, 0.25) is 11.8 Å². The molecule has 2 aliphatic rings. The lowest BCUT2D eigenvalue weighted by atomic mass is 10.0. The highest BCUT2D eigenvalue weighted by Gasteiger charge is 2.37. The number of rotatable bonds is 12. The molecule has 258 valence electrons. The number of aromatic nitrogens is 2. The number of hydrogen-bond donors (Lipinski definition) is 3. The number of carbonyl (C=O) groups excluding carboxylic acids is 2. The fourth-order valence-electron chi connectivity index (χ4n) is 6.05. The Morgan fingerprint density at radius 2 is 1.71 bits per heavy atom. The highest BCUT2D eigenvalue weighted by molar-refractivity contribution is 5.84. The first-order valence-corrected chi connectivity index (χ1v) is 15.7. The molecule has 48 heavy (non-hydrogen) atoms. The minimum Gasteiger partial charge on any atom is -0.497 e. The van der Waals surface area contributed by atoms with Crippen molar-refractivity contribution in [1.82, 2.24) is 20.4 Å². The number of nitrogens with zero attached hydrogens (tertiary/aromatic N) is 4. The van der Waals surface area contributed by atoms with Crippen molar-refractivity contribution in [2.24, 2.45) is 0 Å². The molecule has 2 amide bonds. The van der Waals surface area contributed by atoms with E-state index in [4.69, 9.17) is 9.47 Å². The molecule has 0 bridgehead atoms. The molecule has 15 heteroatoms. The van der Waals surface area contributed by atoms with E-state index in [1.54, 1.807) is 28.0 Å². The molecule has 1 fully saturated rings. The van der Waals surface area contributed by atoms with E-state index in [9.17, 15) is 32.7 Å². The fourth-order valence-corrected chi connectivity index (χ4v) is 6.05. The van der Waals surface area contributed by atoms with Gasteiger partial charge in [0.25, 0.3) is 5.56 Å². The van der Waals surface area contributed by atoms with Crippen molar-refractivity contribution in [3.05, 3.63) is 57.9 Å². The van der Waals surface area contributed by atoms with Crippen LogP contribution in [0.15, 0.2) is 41.2 Å². The average molecular weight is 673 g/mol. The number of aliphatic hydroxyl groups is 1. The number of unbranched alkanes of at least 4 members (excludes halogenated alkanes) is 1. The maximum absolute atomic E-state index is 14.5. The molecule has 1 atom stereocenters. The number of halogens is 3. The van der Waals surface area contributed by atoms with Crippen LogP contribution in [0.4, 0.5) is 24.5 Å². The summed E-state index contributed by atoms with van der Waals surface area (Å²) in [5.74, 6) is 0.328. The zero-order chi connectivity index (χ0) is 34.6. The van der Waals surface area contributed by atoms with Gasteiger partial charge in [-0.15, -0.1) is 0 Å². The third-order valence-corrected chi connectivity index (χ3v) is 8.42. The summed E-state index contributed by atoms with van der Waals surface area (Å²) >= 11 is 0. The number of amides is 2. The Morgan fingerprint density at radius 1 is 1.02 bits per heavy atom. The molecular weight excluding hydrogens is 633 g/mol. The van der Waals surface area contributed by atoms with E-state index in [2.05, 4.69) is 15.7 Å². The highest BCUT2D eigenvalue weighted by Crippen LogP contribution is 2.39. The quantitative estimate of drug-likeness (QED) is 0.248. The monoisotopic (exact) mass is 672 g/mol. The van der Waals surface area contributed by atoms with Crippen molar-refractivity contribution < 1.29 is 37.3 Å². The van der Waals surface area contributed by atoms with E-state index in [1.807, 2.05) is 0 Å². The SMILES string of the molecule is COc1cc(OC)cc(-c2nn(-c3cc(N4CCC(O)C4)ccc3C(F)(F)F)c(=O)c3c2CCN3CC(=O)NCCCCNC(C)=O)c1. The second-order valence-corrected chi connectivity index (χ2v) is 11.8. The van der Waals surface area contributed by atoms with Crippen molar-refractivity contribution in [3.63, 3.8) is 0 Å². The molecule has 0 saturated carbocycles. The van der Waals surface area contributed by atoms with Gasteiger partial charge < -0.3 is 35.0 Å². The van der Waals surface area contributed by atoms with Gasteiger partial charge in [-0.2, -0.15) is 23.0 Å². The van der Waals surface area contributed by atoms with Gasteiger partial charge in [-0.25, -0.2) is 0 Å². The van der Waals surface area contributed by atoms with Gasteiger partial charge >= 0.3 is 6.18 Å². The third kappa shape index (κ3) is 7.67. The van der Waals surface area contributed by atoms with Crippen molar-refractivity contribution in [3.8, 4) is 28.4 Å². The number of carbonyl (C=O) groups is 2. The van der Waals surface area contributed by atoms with Crippen LogP contribution in [0.2, 0.25) is 0 Å². The van der Waals surface area contributed by atoms with Crippen LogP contribution < -0.4 is 35.5 Å². The first kappa shape index (κ1) is 34.5. The summed E-state index contributed by atoms with van der Waals surface area (Å²) in [7, 11) is 2.93. The Hall–Kier alpha value is -4.79. The number of benzene rings is 2. The van der Waals surface area contributed by atoms with Crippen LogP contribution in [-0.4, -0.2) is 86.3 Å². The summed E-state index contributed by atoms with van der Waals surface area (Å²) in [5.41, 5.74) is -0.653. The Labute approximate surface area is 275 Å². The molecule has 2 aromatic carbocycles. The minimum absolute atomic E-state index is 0.0812. The van der Waals surface area contributed by atoms with Gasteiger partial charge in [0, 0.05) is 62.5 Å². The molecule has 1 unspecified atom stereocenters. The summed E-state index contributed by atoms with van der Waals surface area (Å²) in [6.07, 6.45) is -3.39. The fraction of sp³-hybridized carbons (Fsp3) is 0.455. The van der Waals surface area contributed by atoms with Gasteiger partial charge in [-0.3, -0.25) is 14.4 Å². The molecule has 5 rings (SSSR count). The lowest BCUT2D eigenvalue weighted by Gasteiger charge is -2.23. The topological polar surface area (TPSA) is 138 Å². The smallest absolute Gasteiger partial charge is 0.418 e. The maximum Gasteiger partial charge on any atom is 0.418 e. The maximum atomic E-state index is 14.5. The number of alkyl halides is 3. The molecular formula is C33H39F3N6O6. The number of nitrogens with one attached hydrogen (secondary N) is 2. The van der Waals surface area contributed by atoms with Crippen LogP contribution in [0.1, 0.15) is 37.3 Å². The second kappa shape index (κ2) is 14.5. The number of anilines is 2. The summed E-state index contributed by atoms with van der Waals surface area (Å²) in [6, 6.07) is 8.46. The van der Waals surface area contributed by atoms with Crippen molar-refractivity contribution in [2.45, 2.75) is 44.9 Å². The number of fused-ring (bicyclic) bond motifs is 1. The van der Waals surface area contributed by atoms with Crippen LogP contribution in [0, 0.1) is 0 Å². The molecule has 12 nitrogen and oxygen atoms in total. The number of ether oxygens (including phenoxy) is 2. The molecule has 0 radical (unpaired) electrons. The number of methoxy groups -OCH3 is 2. The first-order valence-electron chi connectivity index (χ1n) is 15.7. The lowest BCUT2D eigenvalue weighted by molar-refractivity contribution is -0.137. The van der Waals surface area contributed by atoms with Crippen LogP contribution in [0.5, 0.6) is 11.5 Å². The predicted molar refractivity (Wildman–Crippen MR) is 173 cm³/mol. The summed E-state index contributed by atoms with van der Waals surface area (Å²) in [6.45, 7) is 2.99. The van der Waals surface area contributed by atoms with Crippen LogP contribution in [0.25, 0.3) is 16.9 Å². The standard InChI is InChI=1S/C33H39F3N6O6/c1-20(43)37-10-4-5-11-38-29(45)19-41-13-9-26-30(21-14-24(47-2)17-25(15-21)48-3)39-42(32(46)31(26)41)28-16-22(40-12-8-23(44)18-40)6-7-27(28)33(34,35)36/h6-7,14-17,23,44H,4-5,8-13,18-19H2,1-3H3,(H,37,43)(H,38,45). The summed E-state index contributed by atoms with van der Waals surface area (Å²) in [5, 5.41) is 20.2. The Kier molecular flexibility index (Phi) is 10.5. The minimum atomic E-state index is -4.82. The van der Waals surface area contributed by atoms with Crippen molar-refractivity contribution in [1.29, 1.82) is 0 Å². The Bertz CT molecular complexity index is 1710. The molecule has 0 aliphatic carbocycles. The molecule has 0 spiro atoms. The van der Waals surface area contributed by atoms with Crippen LogP contribution >= 0.6 is 0 Å². The molecule has 2 aliphatic heterocycles. The number of aliphatic hydroxyl groups excluding tert-OH is 1. The average Bonchev–Trinajstić information content (AvgIpc) is 3.68. The first-order chi connectivity index (χ1) is 22.9. The summed E-state index contributed by atoms with van der Waals surface area (Å²) in [4.78, 5) is 41.6. The van der Waals surface area contributed by atoms with E-state index in [0.717, 1.165) is 10.7 Å². The van der Waals surface area contributed by atoms with E-state index in [1.165, 1.54) is 33.3 Å². The van der Waals surface area contributed by atoms with E-state index in [0.29, 0.717) is 73.6 Å². The Balaban J connectivity index is 1.59. The Morgan fingerprint density at radius 3 is 2.31 bits per heavy atom. The normalized spacial score (nSPS) is 15.8. The van der Waals surface area contributed by atoms with Gasteiger partial charge in [0.1, 0.15) is 17.2 Å². The predicted octanol–water partition coefficient (Wildman–Crippen LogP) is 2.90. The van der Waals surface area contributed by atoms with Gasteiger partial charge in [-0.05, 0) is 56.0 Å². The molecule has 1 aromatic heterocycles. The summed E-state index contributed by atoms with van der Waals surface area (Å²) < 4.78 is 55.1. The molecule has 3 N–H and O–H groups in total. The molecule has 3 heterocycles. The lowest BCUT2D eigenvalue weighted by Crippen LogP contribution is -2.39. The van der Waals surface area contributed by atoms with Gasteiger partial charge in [-0.1, -0.05) is 0 Å². The van der Waals surface area contributed by atoms with Gasteiger partial charge in [0.05, 0.1) is 43.8 Å². The van der Waals surface area contributed by atoms with Crippen LogP contribution in [-0.2, 0) is 22.2 Å². The zero-order valence-electron chi connectivity index (χ0n) is 27.0. The molecule has 1 saturated heterocycles. The second-order valence-electron chi connectivity index (χ2n) is 11.8. The third-order valence-electron chi connectivity index (χ3n) is 8.42. The van der Waals surface area contributed by atoms with Gasteiger partial charge in [0.15, 0.2) is 0 Å². The van der Waals surface area contributed by atoms with Crippen molar-refractivity contribution >= 4 is 23.2 Å². The van der Waals surface area contributed by atoms with E-state index in [-0.39, 0.29) is 42.8 Å². The van der Waals surface area contributed by atoms with E-state index < -0.39 is 29.1 Å². The molecule has 3 aromatic rings. The zero-order valence-corrected chi connectivity index (χ0v) is 27.0. The largest absolute Gasteiger partial charge is 0.497 e.